The van der Waals surface area contributed by atoms with Gasteiger partial charge in [-0.25, -0.2) is 13.1 Å². The molecular formula is C18H31N3O2S. The summed E-state index contributed by atoms with van der Waals surface area (Å²) in [6, 6.07) is 7.19. The van der Waals surface area contributed by atoms with E-state index in [4.69, 9.17) is 0 Å². The van der Waals surface area contributed by atoms with Crippen molar-refractivity contribution in [3.05, 3.63) is 29.8 Å². The van der Waals surface area contributed by atoms with Gasteiger partial charge in [0.2, 0.25) is 10.0 Å². The highest BCUT2D eigenvalue weighted by molar-refractivity contribution is 7.89. The SMILES string of the molecule is CC(CNS(=O)(=O)c1ccc(C(C)C)cc1)CN1CCN(C)CC1. The lowest BCUT2D eigenvalue weighted by Gasteiger charge is -2.33. The fourth-order valence-corrected chi connectivity index (χ4v) is 4.07. The first-order chi connectivity index (χ1) is 11.3. The first-order valence-corrected chi connectivity index (χ1v) is 10.3. The topological polar surface area (TPSA) is 52.7 Å². The molecule has 5 nitrogen and oxygen atoms in total. The van der Waals surface area contributed by atoms with Gasteiger partial charge in [0.05, 0.1) is 4.90 Å². The minimum Gasteiger partial charge on any atom is -0.304 e. The van der Waals surface area contributed by atoms with Crippen LogP contribution in [0.2, 0.25) is 0 Å². The summed E-state index contributed by atoms with van der Waals surface area (Å²) >= 11 is 0. The average Bonchev–Trinajstić information content (AvgIpc) is 2.55. The van der Waals surface area contributed by atoms with Crippen molar-refractivity contribution in [1.29, 1.82) is 0 Å². The average molecular weight is 354 g/mol. The van der Waals surface area contributed by atoms with Crippen LogP contribution in [0.3, 0.4) is 0 Å². The van der Waals surface area contributed by atoms with Crippen LogP contribution >= 0.6 is 0 Å². The van der Waals surface area contributed by atoms with E-state index in [1.807, 2.05) is 12.1 Å². The van der Waals surface area contributed by atoms with Crippen LogP contribution in [-0.4, -0.2) is 64.5 Å². The molecule has 0 aliphatic carbocycles. The van der Waals surface area contributed by atoms with Gasteiger partial charge in [0, 0.05) is 39.3 Å². The highest BCUT2D eigenvalue weighted by Crippen LogP contribution is 2.17. The number of nitrogens with one attached hydrogen (secondary N) is 1. The predicted molar refractivity (Wildman–Crippen MR) is 98.8 cm³/mol. The van der Waals surface area contributed by atoms with Crippen molar-refractivity contribution in [3.8, 4) is 0 Å². The molecule has 1 saturated heterocycles. The fraction of sp³-hybridized carbons (Fsp3) is 0.667. The van der Waals surface area contributed by atoms with Crippen LogP contribution in [-0.2, 0) is 10.0 Å². The number of hydrogen-bond acceptors (Lipinski definition) is 4. The van der Waals surface area contributed by atoms with E-state index in [2.05, 4.69) is 42.3 Å². The molecule has 1 N–H and O–H groups in total. The van der Waals surface area contributed by atoms with E-state index in [-0.39, 0.29) is 5.92 Å². The first-order valence-electron chi connectivity index (χ1n) is 8.78. The molecule has 24 heavy (non-hydrogen) atoms. The Morgan fingerprint density at radius 2 is 1.62 bits per heavy atom. The molecule has 1 aliphatic heterocycles. The van der Waals surface area contributed by atoms with Gasteiger partial charge in [0.25, 0.3) is 0 Å². The van der Waals surface area contributed by atoms with Gasteiger partial charge in [0.15, 0.2) is 0 Å². The molecule has 0 spiro atoms. The van der Waals surface area contributed by atoms with E-state index < -0.39 is 10.0 Å². The Morgan fingerprint density at radius 3 is 2.17 bits per heavy atom. The highest BCUT2D eigenvalue weighted by atomic mass is 32.2. The predicted octanol–water partition coefficient (Wildman–Crippen LogP) is 1.97. The van der Waals surface area contributed by atoms with E-state index in [1.54, 1.807) is 12.1 Å². The van der Waals surface area contributed by atoms with Crippen LogP contribution in [0.25, 0.3) is 0 Å². The number of nitrogens with zero attached hydrogens (tertiary/aromatic N) is 2. The second kappa shape index (κ2) is 8.43. The number of hydrogen-bond donors (Lipinski definition) is 1. The van der Waals surface area contributed by atoms with Crippen LogP contribution in [0.5, 0.6) is 0 Å². The zero-order chi connectivity index (χ0) is 17.7. The second-order valence-corrected chi connectivity index (χ2v) is 9.05. The minimum absolute atomic E-state index is 0.290. The lowest BCUT2D eigenvalue weighted by molar-refractivity contribution is 0.139. The number of sulfonamides is 1. The summed E-state index contributed by atoms with van der Waals surface area (Å²) in [7, 11) is -1.29. The maximum absolute atomic E-state index is 12.4. The third-order valence-electron chi connectivity index (χ3n) is 4.64. The number of likely N-dealkylation sites (N-methyl/N-ethyl adjacent to an activating group) is 1. The van der Waals surface area contributed by atoms with Gasteiger partial charge in [-0.15, -0.1) is 0 Å². The van der Waals surface area contributed by atoms with Gasteiger partial charge in [-0.05, 0) is 36.6 Å². The van der Waals surface area contributed by atoms with Gasteiger partial charge in [-0.3, -0.25) is 0 Å². The molecule has 0 amide bonds. The molecule has 1 aliphatic rings. The molecule has 0 saturated carbocycles. The van der Waals surface area contributed by atoms with Crippen molar-refractivity contribution in [2.45, 2.75) is 31.6 Å². The Kier molecular flexibility index (Phi) is 6.80. The van der Waals surface area contributed by atoms with E-state index in [9.17, 15) is 8.42 Å². The Balaban J connectivity index is 1.85. The fourth-order valence-electron chi connectivity index (χ4n) is 2.90. The molecule has 1 unspecified atom stereocenters. The smallest absolute Gasteiger partial charge is 0.240 e. The number of benzene rings is 1. The summed E-state index contributed by atoms with van der Waals surface area (Å²) in [6.07, 6.45) is 0. The molecule has 0 radical (unpaired) electrons. The van der Waals surface area contributed by atoms with Gasteiger partial charge in [-0.1, -0.05) is 32.9 Å². The van der Waals surface area contributed by atoms with Crippen LogP contribution in [0.1, 0.15) is 32.3 Å². The summed E-state index contributed by atoms with van der Waals surface area (Å²) in [5.41, 5.74) is 1.15. The van der Waals surface area contributed by atoms with E-state index >= 15 is 0 Å². The van der Waals surface area contributed by atoms with Crippen LogP contribution in [0, 0.1) is 5.92 Å². The van der Waals surface area contributed by atoms with Gasteiger partial charge in [-0.2, -0.15) is 0 Å². The lowest BCUT2D eigenvalue weighted by atomic mass is 10.0. The molecule has 1 atom stereocenters. The summed E-state index contributed by atoms with van der Waals surface area (Å²) < 4.78 is 27.6. The van der Waals surface area contributed by atoms with Crippen LogP contribution in [0.4, 0.5) is 0 Å². The Hall–Kier alpha value is -0.950. The van der Waals surface area contributed by atoms with Crippen LogP contribution < -0.4 is 4.72 Å². The lowest BCUT2D eigenvalue weighted by Crippen LogP contribution is -2.46. The van der Waals surface area contributed by atoms with E-state index in [1.165, 1.54) is 0 Å². The summed E-state index contributed by atoms with van der Waals surface area (Å²) in [6.45, 7) is 12.0. The zero-order valence-electron chi connectivity index (χ0n) is 15.3. The Bertz CT molecular complexity index is 606. The normalized spacial score (nSPS) is 18.9. The van der Waals surface area contributed by atoms with Crippen molar-refractivity contribution in [3.63, 3.8) is 0 Å². The maximum atomic E-state index is 12.4. The molecular weight excluding hydrogens is 322 g/mol. The summed E-state index contributed by atoms with van der Waals surface area (Å²) in [5.74, 6) is 0.691. The molecule has 2 rings (SSSR count). The van der Waals surface area contributed by atoms with Gasteiger partial charge in [0.1, 0.15) is 0 Å². The molecule has 0 bridgehead atoms. The summed E-state index contributed by atoms with van der Waals surface area (Å²) in [5, 5.41) is 0. The van der Waals surface area contributed by atoms with Gasteiger partial charge < -0.3 is 9.80 Å². The molecule has 0 aromatic heterocycles. The highest BCUT2D eigenvalue weighted by Gasteiger charge is 2.19. The van der Waals surface area contributed by atoms with Gasteiger partial charge >= 0.3 is 0 Å². The second-order valence-electron chi connectivity index (χ2n) is 7.28. The van der Waals surface area contributed by atoms with Crippen LogP contribution in [0.15, 0.2) is 29.2 Å². The zero-order valence-corrected chi connectivity index (χ0v) is 16.1. The first kappa shape index (κ1) is 19.4. The van der Waals surface area contributed by atoms with Crippen molar-refractivity contribution in [2.24, 2.45) is 5.92 Å². The number of rotatable bonds is 7. The van der Waals surface area contributed by atoms with E-state index in [0.717, 1.165) is 38.3 Å². The van der Waals surface area contributed by atoms with Crippen molar-refractivity contribution < 1.29 is 8.42 Å². The third-order valence-corrected chi connectivity index (χ3v) is 6.08. The maximum Gasteiger partial charge on any atom is 0.240 e. The minimum atomic E-state index is -3.42. The third kappa shape index (κ3) is 5.55. The molecule has 1 heterocycles. The Labute approximate surface area is 147 Å². The molecule has 1 aromatic rings. The monoisotopic (exact) mass is 353 g/mol. The Morgan fingerprint density at radius 1 is 1.04 bits per heavy atom. The molecule has 6 heteroatoms. The van der Waals surface area contributed by atoms with Crippen molar-refractivity contribution in [2.75, 3.05) is 46.3 Å². The van der Waals surface area contributed by atoms with E-state index in [0.29, 0.717) is 17.4 Å². The summed E-state index contributed by atoms with van der Waals surface area (Å²) in [4.78, 5) is 5.08. The molecule has 136 valence electrons. The molecule has 1 fully saturated rings. The van der Waals surface area contributed by atoms with Crippen molar-refractivity contribution >= 4 is 10.0 Å². The van der Waals surface area contributed by atoms with Crippen molar-refractivity contribution in [1.82, 2.24) is 14.5 Å². The largest absolute Gasteiger partial charge is 0.304 e. The number of piperazine rings is 1. The molecule has 1 aromatic carbocycles. The quantitative estimate of drug-likeness (QED) is 0.814. The standard InChI is InChI=1S/C18H31N3O2S/c1-15(2)17-5-7-18(8-6-17)24(22,23)19-13-16(3)14-21-11-9-20(4)10-12-21/h5-8,15-16,19H,9-14H2,1-4H3.